The van der Waals surface area contributed by atoms with Crippen LogP contribution in [-0.2, 0) is 4.79 Å². The summed E-state index contributed by atoms with van der Waals surface area (Å²) in [6.07, 6.45) is 4.50. The second-order valence-corrected chi connectivity index (χ2v) is 3.34. The number of amides is 1. The van der Waals surface area contributed by atoms with Gasteiger partial charge in [0.05, 0.1) is 0 Å². The van der Waals surface area contributed by atoms with Crippen molar-refractivity contribution in [3.05, 3.63) is 30.1 Å². The molecule has 86 valence electrons. The van der Waals surface area contributed by atoms with Crippen LogP contribution in [0.15, 0.2) is 24.5 Å². The Morgan fingerprint density at radius 1 is 1.25 bits per heavy atom. The second kappa shape index (κ2) is 6.55. The molecule has 1 amide bonds. The zero-order valence-electron chi connectivity index (χ0n) is 8.85. The standard InChI is InChI=1S/C11H14N2O3/c14-10(15)3-1-2-6-13-11(16)9-4-7-12-8-5-9/h4-5,7-8H,1-3,6H2,(H,13,16)(H,14,15). The lowest BCUT2D eigenvalue weighted by Crippen LogP contribution is -2.24. The minimum atomic E-state index is -0.805. The molecule has 0 radical (unpaired) electrons. The molecule has 0 spiro atoms. The summed E-state index contributed by atoms with van der Waals surface area (Å²) in [6, 6.07) is 3.26. The van der Waals surface area contributed by atoms with Gasteiger partial charge in [-0.05, 0) is 25.0 Å². The maximum atomic E-state index is 11.5. The average molecular weight is 222 g/mol. The highest BCUT2D eigenvalue weighted by atomic mass is 16.4. The summed E-state index contributed by atoms with van der Waals surface area (Å²) in [5.74, 6) is -0.960. The Morgan fingerprint density at radius 2 is 1.94 bits per heavy atom. The lowest BCUT2D eigenvalue weighted by molar-refractivity contribution is -0.137. The molecule has 0 saturated carbocycles. The maximum absolute atomic E-state index is 11.5. The number of aliphatic carboxylic acids is 1. The topological polar surface area (TPSA) is 79.3 Å². The van der Waals surface area contributed by atoms with Crippen molar-refractivity contribution in [1.82, 2.24) is 10.3 Å². The number of nitrogens with one attached hydrogen (secondary N) is 1. The number of pyridine rings is 1. The van der Waals surface area contributed by atoms with Gasteiger partial charge in [-0.2, -0.15) is 0 Å². The molecule has 0 unspecified atom stereocenters. The SMILES string of the molecule is O=C(O)CCCCNC(=O)c1ccncc1. The van der Waals surface area contributed by atoms with E-state index in [0.29, 0.717) is 24.9 Å². The van der Waals surface area contributed by atoms with Crippen LogP contribution in [0.3, 0.4) is 0 Å². The number of hydrogen-bond acceptors (Lipinski definition) is 3. The van der Waals surface area contributed by atoms with Gasteiger partial charge in [0.25, 0.3) is 5.91 Å². The molecule has 0 aliphatic heterocycles. The van der Waals surface area contributed by atoms with Crippen molar-refractivity contribution >= 4 is 11.9 Å². The van der Waals surface area contributed by atoms with Gasteiger partial charge in [0.15, 0.2) is 0 Å². The van der Waals surface area contributed by atoms with E-state index in [1.807, 2.05) is 0 Å². The van der Waals surface area contributed by atoms with Crippen LogP contribution >= 0.6 is 0 Å². The largest absolute Gasteiger partial charge is 0.481 e. The first-order valence-corrected chi connectivity index (χ1v) is 5.10. The van der Waals surface area contributed by atoms with Crippen LogP contribution < -0.4 is 5.32 Å². The van der Waals surface area contributed by atoms with Gasteiger partial charge >= 0.3 is 5.97 Å². The molecular formula is C11H14N2O3. The molecule has 16 heavy (non-hydrogen) atoms. The summed E-state index contributed by atoms with van der Waals surface area (Å²) in [4.78, 5) is 25.5. The molecular weight excluding hydrogens is 208 g/mol. The predicted molar refractivity (Wildman–Crippen MR) is 58.1 cm³/mol. The molecule has 0 aliphatic rings. The molecule has 1 aromatic rings. The van der Waals surface area contributed by atoms with E-state index in [-0.39, 0.29) is 12.3 Å². The third kappa shape index (κ3) is 4.54. The van der Waals surface area contributed by atoms with E-state index in [4.69, 9.17) is 5.11 Å². The van der Waals surface area contributed by atoms with Crippen molar-refractivity contribution in [3.8, 4) is 0 Å². The predicted octanol–water partition coefficient (Wildman–Crippen LogP) is 1.07. The molecule has 0 aliphatic carbocycles. The summed E-state index contributed by atoms with van der Waals surface area (Å²) in [7, 11) is 0. The van der Waals surface area contributed by atoms with Gasteiger partial charge in [0.1, 0.15) is 0 Å². The van der Waals surface area contributed by atoms with Crippen LogP contribution in [0.4, 0.5) is 0 Å². The van der Waals surface area contributed by atoms with Crippen molar-refractivity contribution in [2.45, 2.75) is 19.3 Å². The highest BCUT2D eigenvalue weighted by Gasteiger charge is 2.03. The van der Waals surface area contributed by atoms with Crippen molar-refractivity contribution in [3.63, 3.8) is 0 Å². The van der Waals surface area contributed by atoms with Crippen molar-refractivity contribution in [2.75, 3.05) is 6.54 Å². The highest BCUT2D eigenvalue weighted by Crippen LogP contribution is 1.97. The van der Waals surface area contributed by atoms with Crippen molar-refractivity contribution < 1.29 is 14.7 Å². The fraction of sp³-hybridized carbons (Fsp3) is 0.364. The first kappa shape index (κ1) is 12.2. The Kier molecular flexibility index (Phi) is 4.98. The molecule has 1 heterocycles. The number of carbonyl (C=O) groups excluding carboxylic acids is 1. The third-order valence-electron chi connectivity index (χ3n) is 2.05. The Balaban J connectivity index is 2.19. The van der Waals surface area contributed by atoms with E-state index >= 15 is 0 Å². The Bertz CT molecular complexity index is 352. The molecule has 0 saturated heterocycles. The van der Waals surface area contributed by atoms with Crippen molar-refractivity contribution in [2.24, 2.45) is 0 Å². The number of hydrogen-bond donors (Lipinski definition) is 2. The number of nitrogens with zero attached hydrogens (tertiary/aromatic N) is 1. The van der Waals surface area contributed by atoms with Crippen LogP contribution in [-0.4, -0.2) is 28.5 Å². The van der Waals surface area contributed by atoms with Gasteiger partial charge in [-0.3, -0.25) is 14.6 Å². The fourth-order valence-corrected chi connectivity index (χ4v) is 1.21. The van der Waals surface area contributed by atoms with E-state index < -0.39 is 5.97 Å². The smallest absolute Gasteiger partial charge is 0.303 e. The Hall–Kier alpha value is -1.91. The fourth-order valence-electron chi connectivity index (χ4n) is 1.21. The summed E-state index contributed by atoms with van der Waals surface area (Å²) >= 11 is 0. The lowest BCUT2D eigenvalue weighted by Gasteiger charge is -2.03. The van der Waals surface area contributed by atoms with Gasteiger partial charge in [0.2, 0.25) is 0 Å². The molecule has 0 bridgehead atoms. The summed E-state index contributed by atoms with van der Waals surface area (Å²) in [5, 5.41) is 11.1. The van der Waals surface area contributed by atoms with E-state index in [9.17, 15) is 9.59 Å². The zero-order chi connectivity index (χ0) is 11.8. The molecule has 2 N–H and O–H groups in total. The van der Waals surface area contributed by atoms with Gasteiger partial charge in [-0.1, -0.05) is 0 Å². The number of rotatable bonds is 6. The number of carboxylic acids is 1. The molecule has 5 heteroatoms. The summed E-state index contributed by atoms with van der Waals surface area (Å²) < 4.78 is 0. The van der Waals surface area contributed by atoms with Gasteiger partial charge in [-0.15, -0.1) is 0 Å². The van der Waals surface area contributed by atoms with E-state index in [2.05, 4.69) is 10.3 Å². The zero-order valence-corrected chi connectivity index (χ0v) is 8.85. The molecule has 0 fully saturated rings. The van der Waals surface area contributed by atoms with E-state index in [1.54, 1.807) is 24.5 Å². The normalized spacial score (nSPS) is 9.75. The van der Waals surface area contributed by atoms with Crippen molar-refractivity contribution in [1.29, 1.82) is 0 Å². The van der Waals surface area contributed by atoms with Crippen LogP contribution in [0.1, 0.15) is 29.6 Å². The first-order valence-electron chi connectivity index (χ1n) is 5.10. The summed E-state index contributed by atoms with van der Waals surface area (Å²) in [6.45, 7) is 0.494. The van der Waals surface area contributed by atoms with Gasteiger partial charge < -0.3 is 10.4 Å². The molecule has 0 atom stereocenters. The monoisotopic (exact) mass is 222 g/mol. The first-order chi connectivity index (χ1) is 7.70. The third-order valence-corrected chi connectivity index (χ3v) is 2.05. The number of carbonyl (C=O) groups is 2. The lowest BCUT2D eigenvalue weighted by atomic mass is 10.2. The van der Waals surface area contributed by atoms with E-state index in [0.717, 1.165) is 0 Å². The second-order valence-electron chi connectivity index (χ2n) is 3.34. The molecule has 1 rings (SSSR count). The van der Waals surface area contributed by atoms with Gasteiger partial charge in [-0.25, -0.2) is 0 Å². The maximum Gasteiger partial charge on any atom is 0.303 e. The quantitative estimate of drug-likeness (QED) is 0.705. The molecule has 5 nitrogen and oxygen atoms in total. The van der Waals surface area contributed by atoms with E-state index in [1.165, 1.54) is 0 Å². The minimum Gasteiger partial charge on any atom is -0.481 e. The minimum absolute atomic E-state index is 0.144. The van der Waals surface area contributed by atoms with Crippen LogP contribution in [0, 0.1) is 0 Å². The Labute approximate surface area is 93.5 Å². The number of aromatic nitrogens is 1. The average Bonchev–Trinajstić information content (AvgIpc) is 2.29. The number of carboxylic acid groups (broad SMARTS) is 1. The van der Waals surface area contributed by atoms with Gasteiger partial charge in [0, 0.05) is 30.9 Å². The number of unbranched alkanes of at least 4 members (excludes halogenated alkanes) is 1. The van der Waals surface area contributed by atoms with Crippen LogP contribution in [0.25, 0.3) is 0 Å². The molecule has 0 aromatic carbocycles. The molecule has 1 aromatic heterocycles. The van der Waals surface area contributed by atoms with Crippen LogP contribution in [0.2, 0.25) is 0 Å². The summed E-state index contributed by atoms with van der Waals surface area (Å²) in [5.41, 5.74) is 0.563. The highest BCUT2D eigenvalue weighted by molar-refractivity contribution is 5.93. The van der Waals surface area contributed by atoms with Crippen LogP contribution in [0.5, 0.6) is 0 Å². The Morgan fingerprint density at radius 3 is 2.56 bits per heavy atom.